The van der Waals surface area contributed by atoms with Crippen molar-refractivity contribution in [3.8, 4) is 11.4 Å². The van der Waals surface area contributed by atoms with Gasteiger partial charge in [-0.15, -0.1) is 10.2 Å². The Balaban J connectivity index is 2.41. The third-order valence-electron chi connectivity index (χ3n) is 2.34. The molecule has 1 aromatic heterocycles. The van der Waals surface area contributed by atoms with Gasteiger partial charge in [0.2, 0.25) is 5.95 Å². The van der Waals surface area contributed by atoms with Crippen LogP contribution in [0, 0.1) is 0 Å². The van der Waals surface area contributed by atoms with Crippen LogP contribution in [0.25, 0.3) is 11.4 Å². The molecule has 0 radical (unpaired) electrons. The molecule has 1 aromatic carbocycles. The summed E-state index contributed by atoms with van der Waals surface area (Å²) in [4.78, 5) is 0. The van der Waals surface area contributed by atoms with Crippen LogP contribution in [0.5, 0.6) is 0 Å². The summed E-state index contributed by atoms with van der Waals surface area (Å²) in [6, 6.07) is 8.01. The van der Waals surface area contributed by atoms with E-state index in [1.807, 2.05) is 24.3 Å². The molecule has 0 aliphatic heterocycles. The van der Waals surface area contributed by atoms with Crippen LogP contribution in [0.1, 0.15) is 12.5 Å². The highest BCUT2D eigenvalue weighted by molar-refractivity contribution is 5.57. The fourth-order valence-electron chi connectivity index (χ4n) is 1.39. The second-order valence-electron chi connectivity index (χ2n) is 3.30. The predicted molar refractivity (Wildman–Crippen MR) is 59.4 cm³/mol. The van der Waals surface area contributed by atoms with Gasteiger partial charge in [-0.05, 0) is 12.0 Å². The van der Waals surface area contributed by atoms with Crippen LogP contribution in [0.3, 0.4) is 0 Å². The molecule has 0 fully saturated rings. The third-order valence-corrected chi connectivity index (χ3v) is 2.34. The van der Waals surface area contributed by atoms with E-state index in [1.54, 1.807) is 0 Å². The van der Waals surface area contributed by atoms with Gasteiger partial charge in [-0.3, -0.25) is 0 Å². The number of nitrogen functional groups attached to an aromatic ring is 2. The molecule has 2 aromatic rings. The largest absolute Gasteiger partial charge is 0.366 e. The smallest absolute Gasteiger partial charge is 0.241 e. The fraction of sp³-hybridized carbons (Fsp3) is 0.200. The van der Waals surface area contributed by atoms with Crippen LogP contribution in [-0.4, -0.2) is 14.9 Å². The van der Waals surface area contributed by atoms with Crippen molar-refractivity contribution >= 4 is 5.95 Å². The molecule has 0 bridgehead atoms. The summed E-state index contributed by atoms with van der Waals surface area (Å²) in [6.45, 7) is 2.11. The summed E-state index contributed by atoms with van der Waals surface area (Å²) in [5, 5.41) is 7.60. The maximum absolute atomic E-state index is 5.67. The molecule has 5 heteroatoms. The first-order valence-corrected chi connectivity index (χ1v) is 4.77. The molecule has 0 spiro atoms. The number of hydrogen-bond acceptors (Lipinski definition) is 4. The molecule has 0 atom stereocenters. The first-order valence-electron chi connectivity index (χ1n) is 4.77. The lowest BCUT2D eigenvalue weighted by Gasteiger charge is -2.02. The maximum atomic E-state index is 5.67. The van der Waals surface area contributed by atoms with Gasteiger partial charge in [0.05, 0.1) is 0 Å². The molecule has 78 valence electrons. The minimum absolute atomic E-state index is 0.213. The number of anilines is 1. The Morgan fingerprint density at radius 3 is 2.33 bits per heavy atom. The second-order valence-corrected chi connectivity index (χ2v) is 3.30. The van der Waals surface area contributed by atoms with Gasteiger partial charge in [0.15, 0.2) is 5.82 Å². The van der Waals surface area contributed by atoms with Gasteiger partial charge in [0, 0.05) is 5.56 Å². The highest BCUT2D eigenvalue weighted by Crippen LogP contribution is 2.17. The second kappa shape index (κ2) is 3.61. The molecular formula is C10H13N5. The monoisotopic (exact) mass is 203 g/mol. The Hall–Kier alpha value is -2.04. The summed E-state index contributed by atoms with van der Waals surface area (Å²) in [6.07, 6.45) is 1.01. The number of aryl methyl sites for hydroxylation is 1. The number of hydrogen-bond donors (Lipinski definition) is 2. The molecular weight excluding hydrogens is 190 g/mol. The lowest BCUT2D eigenvalue weighted by molar-refractivity contribution is 1.02. The normalized spacial score (nSPS) is 10.5. The molecule has 0 saturated carbocycles. The van der Waals surface area contributed by atoms with Gasteiger partial charge in [-0.1, -0.05) is 31.2 Å². The number of nitrogens with two attached hydrogens (primary N) is 2. The molecule has 5 nitrogen and oxygen atoms in total. The average Bonchev–Trinajstić information content (AvgIpc) is 2.60. The maximum Gasteiger partial charge on any atom is 0.241 e. The molecule has 4 N–H and O–H groups in total. The van der Waals surface area contributed by atoms with E-state index in [-0.39, 0.29) is 5.95 Å². The van der Waals surface area contributed by atoms with Gasteiger partial charge in [-0.2, -0.15) is 0 Å². The molecule has 15 heavy (non-hydrogen) atoms. The third kappa shape index (κ3) is 1.63. The van der Waals surface area contributed by atoms with Crippen molar-refractivity contribution in [1.82, 2.24) is 14.9 Å². The minimum Gasteiger partial charge on any atom is -0.366 e. The predicted octanol–water partition coefficient (Wildman–Crippen LogP) is 0.803. The Kier molecular flexibility index (Phi) is 2.29. The van der Waals surface area contributed by atoms with E-state index in [0.29, 0.717) is 5.82 Å². The van der Waals surface area contributed by atoms with Gasteiger partial charge in [0.25, 0.3) is 0 Å². The Morgan fingerprint density at radius 1 is 1.20 bits per heavy atom. The van der Waals surface area contributed by atoms with E-state index in [9.17, 15) is 0 Å². The van der Waals surface area contributed by atoms with Crippen LogP contribution in [0.4, 0.5) is 5.95 Å². The van der Waals surface area contributed by atoms with E-state index in [4.69, 9.17) is 11.6 Å². The zero-order chi connectivity index (χ0) is 10.8. The summed E-state index contributed by atoms with van der Waals surface area (Å²) < 4.78 is 1.28. The number of aromatic nitrogens is 3. The van der Waals surface area contributed by atoms with E-state index in [1.165, 1.54) is 10.2 Å². The van der Waals surface area contributed by atoms with Crippen molar-refractivity contribution in [1.29, 1.82) is 0 Å². The van der Waals surface area contributed by atoms with E-state index < -0.39 is 0 Å². The standard InChI is InChI=1S/C10H13N5/c1-2-7-3-5-8(6-4-7)9-13-14-10(11)15(9)12/h3-6H,2,12H2,1H3,(H2,11,14). The highest BCUT2D eigenvalue weighted by atomic mass is 15.4. The first kappa shape index (κ1) is 9.51. The zero-order valence-electron chi connectivity index (χ0n) is 8.51. The van der Waals surface area contributed by atoms with Crippen molar-refractivity contribution < 1.29 is 0 Å². The summed E-state index contributed by atoms with van der Waals surface area (Å²) in [5.74, 6) is 6.46. The summed E-state index contributed by atoms with van der Waals surface area (Å²) in [5.41, 5.74) is 7.69. The average molecular weight is 203 g/mol. The SMILES string of the molecule is CCc1ccc(-c2nnc(N)n2N)cc1. The molecule has 0 saturated heterocycles. The molecule has 0 aliphatic carbocycles. The lowest BCUT2D eigenvalue weighted by atomic mass is 10.1. The van der Waals surface area contributed by atoms with Crippen LogP contribution >= 0.6 is 0 Å². The van der Waals surface area contributed by atoms with Crippen molar-refractivity contribution in [3.63, 3.8) is 0 Å². The Morgan fingerprint density at radius 2 is 1.87 bits per heavy atom. The minimum atomic E-state index is 0.213. The molecule has 0 unspecified atom stereocenters. The van der Waals surface area contributed by atoms with Crippen LogP contribution in [-0.2, 0) is 6.42 Å². The first-order chi connectivity index (χ1) is 7.22. The van der Waals surface area contributed by atoms with Crippen molar-refractivity contribution in [2.45, 2.75) is 13.3 Å². The van der Waals surface area contributed by atoms with Gasteiger partial charge >= 0.3 is 0 Å². The summed E-state index contributed by atoms with van der Waals surface area (Å²) in [7, 11) is 0. The zero-order valence-corrected chi connectivity index (χ0v) is 8.51. The van der Waals surface area contributed by atoms with Gasteiger partial charge in [0.1, 0.15) is 0 Å². The molecule has 2 rings (SSSR count). The summed E-state index contributed by atoms with van der Waals surface area (Å²) >= 11 is 0. The Bertz CT molecular complexity index is 457. The van der Waals surface area contributed by atoms with Crippen LogP contribution < -0.4 is 11.6 Å². The highest BCUT2D eigenvalue weighted by Gasteiger charge is 2.08. The molecule has 0 amide bonds. The van der Waals surface area contributed by atoms with Gasteiger partial charge in [-0.25, -0.2) is 4.68 Å². The Labute approximate surface area is 87.7 Å². The number of nitrogens with zero attached hydrogens (tertiary/aromatic N) is 3. The lowest BCUT2D eigenvalue weighted by Crippen LogP contribution is -2.13. The molecule has 1 heterocycles. The quantitative estimate of drug-likeness (QED) is 0.707. The van der Waals surface area contributed by atoms with E-state index in [2.05, 4.69) is 17.1 Å². The molecule has 0 aliphatic rings. The number of benzene rings is 1. The van der Waals surface area contributed by atoms with Crippen LogP contribution in [0.15, 0.2) is 24.3 Å². The number of rotatable bonds is 2. The van der Waals surface area contributed by atoms with Crippen LogP contribution in [0.2, 0.25) is 0 Å². The van der Waals surface area contributed by atoms with Crippen molar-refractivity contribution in [3.05, 3.63) is 29.8 Å². The fourth-order valence-corrected chi connectivity index (χ4v) is 1.39. The van der Waals surface area contributed by atoms with Crippen molar-refractivity contribution in [2.24, 2.45) is 0 Å². The topological polar surface area (TPSA) is 82.8 Å². The van der Waals surface area contributed by atoms with Gasteiger partial charge < -0.3 is 11.6 Å². The van der Waals surface area contributed by atoms with Crippen molar-refractivity contribution in [2.75, 3.05) is 11.6 Å². The van der Waals surface area contributed by atoms with E-state index >= 15 is 0 Å². The van der Waals surface area contributed by atoms with E-state index in [0.717, 1.165) is 12.0 Å².